The zero-order valence-electron chi connectivity index (χ0n) is 4.82. The van der Waals surface area contributed by atoms with Crippen LogP contribution in [0.3, 0.4) is 0 Å². The van der Waals surface area contributed by atoms with Gasteiger partial charge in [-0.15, -0.1) is 0 Å². The monoisotopic (exact) mass is 98.1 g/mol. The fourth-order valence-corrected chi connectivity index (χ4v) is 0.322. The molecule has 0 amide bonds. The fourth-order valence-electron chi connectivity index (χ4n) is 0.322. The first-order valence-electron chi connectivity index (χ1n) is 2.47. The van der Waals surface area contributed by atoms with Gasteiger partial charge in [-0.05, 0) is 6.42 Å². The van der Waals surface area contributed by atoms with E-state index in [0.717, 1.165) is 0 Å². The SMILES string of the molecule is C[C]CC(=O)CC. The van der Waals surface area contributed by atoms with Crippen molar-refractivity contribution < 1.29 is 4.79 Å². The van der Waals surface area contributed by atoms with Crippen molar-refractivity contribution in [1.29, 1.82) is 0 Å². The van der Waals surface area contributed by atoms with Gasteiger partial charge in [0.2, 0.25) is 0 Å². The van der Waals surface area contributed by atoms with E-state index in [0.29, 0.717) is 12.8 Å². The lowest BCUT2D eigenvalue weighted by Gasteiger charge is -1.86. The molecule has 2 radical (unpaired) electrons. The highest BCUT2D eigenvalue weighted by Gasteiger charge is 1.91. The van der Waals surface area contributed by atoms with Crippen molar-refractivity contribution in [3.8, 4) is 0 Å². The third kappa shape index (κ3) is 3.50. The van der Waals surface area contributed by atoms with Gasteiger partial charge in [0, 0.05) is 12.8 Å². The number of carbonyl (C=O) groups is 1. The van der Waals surface area contributed by atoms with E-state index in [1.165, 1.54) is 0 Å². The van der Waals surface area contributed by atoms with Crippen LogP contribution in [-0.4, -0.2) is 5.78 Å². The summed E-state index contributed by atoms with van der Waals surface area (Å²) >= 11 is 0. The summed E-state index contributed by atoms with van der Waals surface area (Å²) < 4.78 is 0. The third-order valence-electron chi connectivity index (χ3n) is 0.768. The molecular formula is C6H10O. The molecule has 0 atom stereocenters. The Morgan fingerprint density at radius 2 is 2.29 bits per heavy atom. The number of carbonyl (C=O) groups excluding carboxylic acids is 1. The van der Waals surface area contributed by atoms with Crippen LogP contribution >= 0.6 is 0 Å². The minimum absolute atomic E-state index is 0.266. The van der Waals surface area contributed by atoms with Gasteiger partial charge in [-0.3, -0.25) is 4.79 Å². The standard InChI is InChI=1S/C6H10O/c1-3-5-6(7)4-2/h4-5H2,1-2H3. The molecule has 0 fully saturated rings. The van der Waals surface area contributed by atoms with Crippen LogP contribution < -0.4 is 0 Å². The number of ketones is 1. The van der Waals surface area contributed by atoms with E-state index < -0.39 is 0 Å². The van der Waals surface area contributed by atoms with Gasteiger partial charge in [0.1, 0.15) is 5.78 Å². The first kappa shape index (κ1) is 6.67. The molecule has 0 saturated carbocycles. The number of hydrogen-bond donors (Lipinski definition) is 0. The van der Waals surface area contributed by atoms with E-state index in [-0.39, 0.29) is 5.78 Å². The van der Waals surface area contributed by atoms with Crippen molar-refractivity contribution in [2.45, 2.75) is 26.7 Å². The molecular weight excluding hydrogens is 88.1 g/mol. The van der Waals surface area contributed by atoms with Crippen molar-refractivity contribution in [3.63, 3.8) is 0 Å². The highest BCUT2D eigenvalue weighted by atomic mass is 16.1. The van der Waals surface area contributed by atoms with E-state index in [1.807, 2.05) is 6.92 Å². The predicted octanol–water partition coefficient (Wildman–Crippen LogP) is 1.46. The minimum Gasteiger partial charge on any atom is -0.300 e. The maximum atomic E-state index is 10.3. The van der Waals surface area contributed by atoms with E-state index in [4.69, 9.17) is 0 Å². The highest BCUT2D eigenvalue weighted by molar-refractivity contribution is 5.78. The van der Waals surface area contributed by atoms with Gasteiger partial charge < -0.3 is 0 Å². The Hall–Kier alpha value is -0.330. The van der Waals surface area contributed by atoms with E-state index in [1.54, 1.807) is 6.92 Å². The molecule has 0 aromatic rings. The van der Waals surface area contributed by atoms with Gasteiger partial charge in [-0.1, -0.05) is 13.8 Å². The van der Waals surface area contributed by atoms with Gasteiger partial charge in [0.15, 0.2) is 0 Å². The summed E-state index contributed by atoms with van der Waals surface area (Å²) in [4.78, 5) is 10.3. The second-order valence-corrected chi connectivity index (χ2v) is 1.42. The fraction of sp³-hybridized carbons (Fsp3) is 0.667. The van der Waals surface area contributed by atoms with Crippen LogP contribution in [0.2, 0.25) is 0 Å². The maximum absolute atomic E-state index is 10.3. The molecule has 0 aliphatic rings. The first-order valence-corrected chi connectivity index (χ1v) is 2.47. The largest absolute Gasteiger partial charge is 0.300 e. The summed E-state index contributed by atoms with van der Waals surface area (Å²) in [6.45, 7) is 3.63. The molecule has 1 nitrogen and oxygen atoms in total. The normalized spacial score (nSPS) is 8.86. The van der Waals surface area contributed by atoms with Crippen molar-refractivity contribution in [1.82, 2.24) is 0 Å². The van der Waals surface area contributed by atoms with E-state index in [2.05, 4.69) is 6.42 Å². The summed E-state index contributed by atoms with van der Waals surface area (Å²) in [6.07, 6.45) is 3.92. The Kier molecular flexibility index (Phi) is 3.67. The molecule has 0 aromatic carbocycles. The molecule has 1 heteroatoms. The minimum atomic E-state index is 0.266. The number of Topliss-reactive ketones (excluding diaryl/α,β-unsaturated/α-hetero) is 1. The molecule has 0 aliphatic heterocycles. The molecule has 40 valence electrons. The molecule has 0 saturated heterocycles. The first-order chi connectivity index (χ1) is 3.31. The van der Waals surface area contributed by atoms with Crippen molar-refractivity contribution in [2.75, 3.05) is 0 Å². The van der Waals surface area contributed by atoms with Crippen LogP contribution in [0.25, 0.3) is 0 Å². The number of rotatable bonds is 3. The second kappa shape index (κ2) is 3.85. The predicted molar refractivity (Wildman–Crippen MR) is 28.8 cm³/mol. The van der Waals surface area contributed by atoms with Crippen LogP contribution in [0.5, 0.6) is 0 Å². The Morgan fingerprint density at radius 1 is 1.71 bits per heavy atom. The Morgan fingerprint density at radius 3 is 2.43 bits per heavy atom. The number of hydrogen-bond acceptors (Lipinski definition) is 1. The van der Waals surface area contributed by atoms with Gasteiger partial charge in [0.05, 0.1) is 0 Å². The molecule has 0 N–H and O–H groups in total. The van der Waals surface area contributed by atoms with Crippen molar-refractivity contribution >= 4 is 5.78 Å². The summed E-state index contributed by atoms with van der Waals surface area (Å²) in [5.74, 6) is 0.266. The van der Waals surface area contributed by atoms with Crippen LogP contribution in [0.1, 0.15) is 26.7 Å². The molecule has 0 heterocycles. The lowest BCUT2D eigenvalue weighted by atomic mass is 10.2. The smallest absolute Gasteiger partial charge is 0.133 e. The average Bonchev–Trinajstić information content (AvgIpc) is 1.68. The summed E-state index contributed by atoms with van der Waals surface area (Å²) in [5, 5.41) is 0. The lowest BCUT2D eigenvalue weighted by molar-refractivity contribution is -0.118. The van der Waals surface area contributed by atoms with Crippen LogP contribution in [0.4, 0.5) is 0 Å². The summed E-state index contributed by atoms with van der Waals surface area (Å²) in [5.41, 5.74) is 0. The summed E-state index contributed by atoms with van der Waals surface area (Å²) in [7, 11) is 0. The van der Waals surface area contributed by atoms with E-state index in [9.17, 15) is 4.79 Å². The second-order valence-electron chi connectivity index (χ2n) is 1.42. The average molecular weight is 98.1 g/mol. The quantitative estimate of drug-likeness (QED) is 0.522. The molecule has 0 bridgehead atoms. The molecule has 0 unspecified atom stereocenters. The topological polar surface area (TPSA) is 17.1 Å². The van der Waals surface area contributed by atoms with Crippen LogP contribution in [0, 0.1) is 6.42 Å². The van der Waals surface area contributed by atoms with Crippen LogP contribution in [-0.2, 0) is 4.79 Å². The maximum Gasteiger partial charge on any atom is 0.133 e. The molecule has 0 aliphatic carbocycles. The van der Waals surface area contributed by atoms with Crippen LogP contribution in [0.15, 0.2) is 0 Å². The van der Waals surface area contributed by atoms with Crippen molar-refractivity contribution in [2.24, 2.45) is 0 Å². The summed E-state index contributed by atoms with van der Waals surface area (Å²) in [6, 6.07) is 0. The highest BCUT2D eigenvalue weighted by Crippen LogP contribution is 1.89. The van der Waals surface area contributed by atoms with Gasteiger partial charge in [-0.25, -0.2) is 0 Å². The Balaban J connectivity index is 3.00. The van der Waals surface area contributed by atoms with Gasteiger partial charge in [-0.2, -0.15) is 0 Å². The van der Waals surface area contributed by atoms with E-state index >= 15 is 0 Å². The molecule has 0 spiro atoms. The van der Waals surface area contributed by atoms with Gasteiger partial charge in [0.25, 0.3) is 0 Å². The Bertz CT molecular complexity index is 57.2. The van der Waals surface area contributed by atoms with Crippen molar-refractivity contribution in [3.05, 3.63) is 6.42 Å². The molecule has 0 rings (SSSR count). The zero-order valence-corrected chi connectivity index (χ0v) is 4.82. The molecule has 0 aromatic heterocycles. The van der Waals surface area contributed by atoms with Gasteiger partial charge >= 0.3 is 0 Å². The lowest BCUT2D eigenvalue weighted by Crippen LogP contribution is -1.91. The third-order valence-corrected chi connectivity index (χ3v) is 0.768. The zero-order chi connectivity index (χ0) is 5.70. The Labute approximate surface area is 44.7 Å². The molecule has 7 heavy (non-hydrogen) atoms.